The van der Waals surface area contributed by atoms with E-state index in [1.54, 1.807) is 23.2 Å². The van der Waals surface area contributed by atoms with Gasteiger partial charge in [0.1, 0.15) is 17.7 Å². The molecule has 3 atom stereocenters. The highest BCUT2D eigenvalue weighted by atomic mass is 16.4. The van der Waals surface area contributed by atoms with Crippen molar-refractivity contribution in [1.29, 1.82) is 0 Å². The van der Waals surface area contributed by atoms with Crippen LogP contribution in [0.1, 0.15) is 86.7 Å². The first-order valence-corrected chi connectivity index (χ1v) is 20.0. The Kier molecular flexibility index (Phi) is 11.0. The first-order chi connectivity index (χ1) is 27.3. The summed E-state index contributed by atoms with van der Waals surface area (Å²) in [4.78, 5) is 62.9. The molecule has 0 aliphatic carbocycles. The number of carbonyl (C=O) groups excluding carboxylic acids is 2. The third kappa shape index (κ3) is 7.84. The molecule has 3 amide bonds. The highest BCUT2D eigenvalue weighted by Gasteiger charge is 2.39. The normalized spacial score (nSPS) is 19.3. The lowest BCUT2D eigenvalue weighted by atomic mass is 10.0. The molecule has 0 radical (unpaired) electrons. The molecule has 3 N–H and O–H groups in total. The average Bonchev–Trinajstić information content (AvgIpc) is 4.08. The Morgan fingerprint density at radius 3 is 1.77 bits per heavy atom. The van der Waals surface area contributed by atoms with Crippen LogP contribution in [0, 0.1) is 0 Å². The fourth-order valence-corrected chi connectivity index (χ4v) is 8.67. The molecule has 5 aromatic rings. The number of benzene rings is 3. The third-order valence-corrected chi connectivity index (χ3v) is 11.8. The van der Waals surface area contributed by atoms with Crippen molar-refractivity contribution >= 4 is 17.9 Å². The molecule has 3 saturated heterocycles. The summed E-state index contributed by atoms with van der Waals surface area (Å²) in [6.45, 7) is 4.38. The minimum absolute atomic E-state index is 0.00114. The summed E-state index contributed by atoms with van der Waals surface area (Å²) in [5, 5.41) is 9.79. The van der Waals surface area contributed by atoms with Gasteiger partial charge in [-0.3, -0.25) is 14.5 Å². The molecule has 290 valence electrons. The van der Waals surface area contributed by atoms with Gasteiger partial charge in [-0.1, -0.05) is 85.3 Å². The van der Waals surface area contributed by atoms with E-state index in [0.29, 0.717) is 24.4 Å². The Hall–Kier alpha value is -5.75. The van der Waals surface area contributed by atoms with E-state index < -0.39 is 12.1 Å². The zero-order valence-corrected chi connectivity index (χ0v) is 31.9. The number of rotatable bonds is 11. The van der Waals surface area contributed by atoms with E-state index in [9.17, 15) is 19.5 Å². The van der Waals surface area contributed by atoms with Crippen LogP contribution in [-0.4, -0.2) is 102 Å². The Morgan fingerprint density at radius 2 is 1.21 bits per heavy atom. The second kappa shape index (κ2) is 16.5. The first kappa shape index (κ1) is 37.2. The van der Waals surface area contributed by atoms with Crippen LogP contribution in [0.25, 0.3) is 33.6 Å². The van der Waals surface area contributed by atoms with Crippen molar-refractivity contribution in [2.45, 2.75) is 69.5 Å². The van der Waals surface area contributed by atoms with Crippen LogP contribution in [0.3, 0.4) is 0 Å². The van der Waals surface area contributed by atoms with Crippen LogP contribution in [0.2, 0.25) is 0 Å². The molecule has 12 nitrogen and oxygen atoms in total. The summed E-state index contributed by atoms with van der Waals surface area (Å²) in [5.74, 6) is 1.53. The fourth-order valence-electron chi connectivity index (χ4n) is 8.67. The van der Waals surface area contributed by atoms with Crippen LogP contribution >= 0.6 is 0 Å². The van der Waals surface area contributed by atoms with Gasteiger partial charge in [-0.15, -0.1) is 0 Å². The summed E-state index contributed by atoms with van der Waals surface area (Å²) >= 11 is 0. The van der Waals surface area contributed by atoms with Crippen molar-refractivity contribution in [1.82, 2.24) is 39.5 Å². The summed E-state index contributed by atoms with van der Waals surface area (Å²) in [5.41, 5.74) is 6.61. The van der Waals surface area contributed by atoms with Gasteiger partial charge < -0.3 is 29.8 Å². The molecule has 12 heteroatoms. The average molecular weight is 755 g/mol. The van der Waals surface area contributed by atoms with Crippen molar-refractivity contribution in [3.63, 3.8) is 0 Å². The van der Waals surface area contributed by atoms with Crippen molar-refractivity contribution in [2.24, 2.45) is 0 Å². The van der Waals surface area contributed by atoms with Gasteiger partial charge in [-0.2, -0.15) is 0 Å². The van der Waals surface area contributed by atoms with Crippen LogP contribution < -0.4 is 0 Å². The van der Waals surface area contributed by atoms with Gasteiger partial charge in [0.05, 0.1) is 35.9 Å². The number of aromatic nitrogens is 4. The molecule has 3 fully saturated rings. The number of nitrogens with zero attached hydrogens (tertiary/aromatic N) is 6. The number of aromatic amines is 2. The maximum atomic E-state index is 13.9. The van der Waals surface area contributed by atoms with Gasteiger partial charge >= 0.3 is 6.09 Å². The van der Waals surface area contributed by atoms with Gasteiger partial charge in [-0.25, -0.2) is 14.8 Å². The lowest BCUT2D eigenvalue weighted by Crippen LogP contribution is -2.43. The Labute approximate surface area is 327 Å². The second-order valence-corrected chi connectivity index (χ2v) is 15.3. The zero-order valence-electron chi connectivity index (χ0n) is 31.9. The van der Waals surface area contributed by atoms with Gasteiger partial charge in [0.25, 0.3) is 5.91 Å². The molecule has 8 rings (SSSR count). The highest BCUT2D eigenvalue weighted by Crippen LogP contribution is 2.36. The van der Waals surface area contributed by atoms with Crippen molar-refractivity contribution in [2.75, 3.05) is 39.8 Å². The largest absolute Gasteiger partial charge is 0.465 e. The van der Waals surface area contributed by atoms with E-state index in [0.717, 1.165) is 96.2 Å². The van der Waals surface area contributed by atoms with E-state index in [2.05, 4.69) is 63.4 Å². The maximum Gasteiger partial charge on any atom is 0.407 e. The molecule has 0 saturated carbocycles. The lowest BCUT2D eigenvalue weighted by molar-refractivity contribution is -0.137. The van der Waals surface area contributed by atoms with Gasteiger partial charge in [0.15, 0.2) is 0 Å². The van der Waals surface area contributed by atoms with Crippen molar-refractivity contribution < 1.29 is 19.5 Å². The Balaban J connectivity index is 0.906. The Bertz CT molecular complexity index is 2120. The summed E-state index contributed by atoms with van der Waals surface area (Å²) in [6.07, 6.45) is 10.3. The van der Waals surface area contributed by atoms with E-state index in [-0.39, 0.29) is 23.9 Å². The number of likely N-dealkylation sites (N-methyl/N-ethyl adjacent to an activating group) is 1. The molecule has 3 aromatic carbocycles. The number of hydrogen-bond donors (Lipinski definition) is 3. The smallest absolute Gasteiger partial charge is 0.407 e. The van der Waals surface area contributed by atoms with Crippen molar-refractivity contribution in [3.05, 3.63) is 108 Å². The summed E-state index contributed by atoms with van der Waals surface area (Å²) < 4.78 is 0. The van der Waals surface area contributed by atoms with E-state index in [4.69, 9.17) is 9.97 Å². The van der Waals surface area contributed by atoms with E-state index in [1.165, 1.54) is 26.3 Å². The van der Waals surface area contributed by atoms with Crippen LogP contribution in [0.4, 0.5) is 4.79 Å². The first-order valence-electron chi connectivity index (χ1n) is 20.0. The number of amides is 3. The zero-order chi connectivity index (χ0) is 38.6. The van der Waals surface area contributed by atoms with Gasteiger partial charge in [0, 0.05) is 33.1 Å². The standard InChI is InChI=1S/C44H50N8O4/c1-49(44(55)56)40(34-10-4-2-5-11-34)43(54)52-26-9-13-38(52)42-46-29-36(48-42)33-20-16-31(17-21-33)30-14-18-32(19-15-30)35-28-45-41(47-35)37-12-8-25-51(37)39(53)22-27-50-23-6-3-7-24-50/h2,4-5,10-11,14-21,28-29,37-38,40H,3,6-9,12-13,22-27H2,1H3,(H,45,47)(H,46,48)(H,55,56)/t37-,38-,40+/m0/s1. The molecule has 0 spiro atoms. The van der Waals surface area contributed by atoms with Gasteiger partial charge in [-0.05, 0) is 79.4 Å². The maximum absolute atomic E-state index is 13.9. The predicted octanol–water partition coefficient (Wildman–Crippen LogP) is 7.69. The predicted molar refractivity (Wildman–Crippen MR) is 214 cm³/mol. The van der Waals surface area contributed by atoms with Crippen LogP contribution in [0.15, 0.2) is 91.3 Å². The molecule has 5 heterocycles. The van der Waals surface area contributed by atoms with E-state index >= 15 is 0 Å². The number of carbonyl (C=O) groups is 3. The third-order valence-electron chi connectivity index (χ3n) is 11.8. The SMILES string of the molecule is CN(C(=O)O)[C@@H](C(=O)N1CCC[C@H]1c1ncc(-c2ccc(-c3ccc(-c4cnc([C@@H]5CCCN5C(=O)CCN5CCCCC5)[nH]4)cc3)cc2)[nH]1)c1ccccc1. The number of carboxylic acid groups (broad SMARTS) is 1. The number of H-pyrrole nitrogens is 2. The number of imidazole rings is 2. The number of nitrogens with one attached hydrogen (secondary N) is 2. The van der Waals surface area contributed by atoms with E-state index in [1.807, 2.05) is 29.3 Å². The molecule has 0 bridgehead atoms. The van der Waals surface area contributed by atoms with Crippen molar-refractivity contribution in [3.8, 4) is 33.6 Å². The summed E-state index contributed by atoms with van der Waals surface area (Å²) in [6, 6.07) is 24.6. The lowest BCUT2D eigenvalue weighted by Gasteiger charge is -2.32. The molecule has 3 aliphatic heterocycles. The second-order valence-electron chi connectivity index (χ2n) is 15.3. The number of piperidine rings is 1. The minimum atomic E-state index is -1.16. The number of likely N-dealkylation sites (tertiary alicyclic amines) is 3. The topological polar surface area (TPSA) is 142 Å². The summed E-state index contributed by atoms with van der Waals surface area (Å²) in [7, 11) is 1.44. The molecule has 3 aliphatic rings. The molecular weight excluding hydrogens is 705 g/mol. The quantitative estimate of drug-likeness (QED) is 0.126. The molecular formula is C44H50N8O4. The number of hydrogen-bond acceptors (Lipinski definition) is 6. The van der Waals surface area contributed by atoms with Gasteiger partial charge in [0.2, 0.25) is 5.91 Å². The Morgan fingerprint density at radius 1 is 0.696 bits per heavy atom. The fraction of sp³-hybridized carbons (Fsp3) is 0.386. The minimum Gasteiger partial charge on any atom is -0.465 e. The molecule has 0 unspecified atom stereocenters. The monoisotopic (exact) mass is 754 g/mol. The highest BCUT2D eigenvalue weighted by molar-refractivity contribution is 5.87. The van der Waals surface area contributed by atoms with Crippen LogP contribution in [-0.2, 0) is 9.59 Å². The molecule has 2 aromatic heterocycles. The van der Waals surface area contributed by atoms with Crippen LogP contribution in [0.5, 0.6) is 0 Å². The molecule has 56 heavy (non-hydrogen) atoms.